The van der Waals surface area contributed by atoms with Gasteiger partial charge in [0.15, 0.2) is 5.82 Å². The van der Waals surface area contributed by atoms with Gasteiger partial charge >= 0.3 is 0 Å². The number of carbonyl (C=O) groups is 2. The van der Waals surface area contributed by atoms with Crippen LogP contribution in [0, 0.1) is 0 Å². The highest BCUT2D eigenvalue weighted by Gasteiger charge is 2.17. The lowest BCUT2D eigenvalue weighted by atomic mass is 10.3. The molecule has 7 nitrogen and oxygen atoms in total. The summed E-state index contributed by atoms with van der Waals surface area (Å²) >= 11 is 1.33. The largest absolute Gasteiger partial charge is 0.383 e. The summed E-state index contributed by atoms with van der Waals surface area (Å²) in [5.74, 6) is -0.136. The van der Waals surface area contributed by atoms with Crippen molar-refractivity contribution in [1.82, 2.24) is 15.1 Å². The van der Waals surface area contributed by atoms with Crippen molar-refractivity contribution in [1.29, 1.82) is 0 Å². The van der Waals surface area contributed by atoms with E-state index in [4.69, 9.17) is 4.74 Å². The van der Waals surface area contributed by atoms with Crippen molar-refractivity contribution in [2.24, 2.45) is 0 Å². The van der Waals surface area contributed by atoms with Crippen molar-refractivity contribution in [2.45, 2.75) is 19.5 Å². The first-order chi connectivity index (χ1) is 10.6. The van der Waals surface area contributed by atoms with Gasteiger partial charge in [0.1, 0.15) is 6.04 Å². The van der Waals surface area contributed by atoms with Crippen LogP contribution >= 0.6 is 11.3 Å². The molecule has 2 aromatic heterocycles. The number of aromatic nitrogens is 2. The zero-order valence-corrected chi connectivity index (χ0v) is 13.2. The highest BCUT2D eigenvalue weighted by atomic mass is 32.1. The van der Waals surface area contributed by atoms with Crippen LogP contribution in [-0.2, 0) is 16.1 Å². The van der Waals surface area contributed by atoms with Gasteiger partial charge in [-0.25, -0.2) is 0 Å². The number of nitrogens with one attached hydrogen (secondary N) is 2. The zero-order valence-electron chi connectivity index (χ0n) is 12.4. The summed E-state index contributed by atoms with van der Waals surface area (Å²) in [6.07, 6.45) is 1.75. The van der Waals surface area contributed by atoms with Crippen LogP contribution in [0.5, 0.6) is 0 Å². The van der Waals surface area contributed by atoms with Crippen LogP contribution in [0.3, 0.4) is 0 Å². The second-order valence-electron chi connectivity index (χ2n) is 4.62. The molecule has 0 spiro atoms. The monoisotopic (exact) mass is 322 g/mol. The lowest BCUT2D eigenvalue weighted by Gasteiger charge is -2.12. The van der Waals surface area contributed by atoms with Gasteiger partial charge in [-0.05, 0) is 18.4 Å². The second kappa shape index (κ2) is 7.71. The van der Waals surface area contributed by atoms with Gasteiger partial charge in [0, 0.05) is 19.4 Å². The molecule has 8 heteroatoms. The van der Waals surface area contributed by atoms with E-state index in [1.165, 1.54) is 11.3 Å². The Hall–Kier alpha value is -2.19. The van der Waals surface area contributed by atoms with E-state index in [0.29, 0.717) is 23.8 Å². The van der Waals surface area contributed by atoms with Gasteiger partial charge in [-0.15, -0.1) is 11.3 Å². The lowest BCUT2D eigenvalue weighted by molar-refractivity contribution is -0.117. The van der Waals surface area contributed by atoms with E-state index < -0.39 is 6.04 Å². The second-order valence-corrected chi connectivity index (χ2v) is 5.57. The number of hydrogen-bond acceptors (Lipinski definition) is 5. The summed E-state index contributed by atoms with van der Waals surface area (Å²) in [4.78, 5) is 24.5. The molecule has 2 N–H and O–H groups in total. The topological polar surface area (TPSA) is 85.2 Å². The minimum atomic E-state index is -0.654. The van der Waals surface area contributed by atoms with E-state index in [2.05, 4.69) is 15.7 Å². The summed E-state index contributed by atoms with van der Waals surface area (Å²) in [7, 11) is 1.62. The minimum Gasteiger partial charge on any atom is -0.383 e. The van der Waals surface area contributed by atoms with Crippen molar-refractivity contribution in [3.63, 3.8) is 0 Å². The number of nitrogens with zero attached hydrogens (tertiary/aromatic N) is 2. The summed E-state index contributed by atoms with van der Waals surface area (Å²) < 4.78 is 6.63. The molecule has 0 aliphatic rings. The van der Waals surface area contributed by atoms with E-state index in [1.807, 2.05) is 5.38 Å². The molecule has 0 radical (unpaired) electrons. The fourth-order valence-electron chi connectivity index (χ4n) is 1.71. The molecule has 1 atom stereocenters. The summed E-state index contributed by atoms with van der Waals surface area (Å²) in [5.41, 5.74) is 0. The highest BCUT2D eigenvalue weighted by Crippen LogP contribution is 2.08. The summed E-state index contributed by atoms with van der Waals surface area (Å²) in [6, 6.07) is 4.54. The summed E-state index contributed by atoms with van der Waals surface area (Å²) in [6.45, 7) is 2.78. The molecule has 0 fully saturated rings. The van der Waals surface area contributed by atoms with Crippen molar-refractivity contribution < 1.29 is 14.3 Å². The molecule has 22 heavy (non-hydrogen) atoms. The normalized spacial score (nSPS) is 11.9. The van der Waals surface area contributed by atoms with Crippen LogP contribution < -0.4 is 10.6 Å². The van der Waals surface area contributed by atoms with Gasteiger partial charge in [-0.3, -0.25) is 14.3 Å². The fourth-order valence-corrected chi connectivity index (χ4v) is 2.34. The van der Waals surface area contributed by atoms with Crippen molar-refractivity contribution in [2.75, 3.05) is 19.0 Å². The molecule has 2 heterocycles. The first-order valence-electron chi connectivity index (χ1n) is 6.78. The number of thiophene rings is 1. The Morgan fingerprint density at radius 3 is 2.95 bits per heavy atom. The molecule has 0 bridgehead atoms. The van der Waals surface area contributed by atoms with Crippen molar-refractivity contribution >= 4 is 29.0 Å². The Bertz CT molecular complexity index is 624. The van der Waals surface area contributed by atoms with Crippen LogP contribution in [-0.4, -0.2) is 41.4 Å². The Labute approximate surface area is 132 Å². The number of methoxy groups -OCH3 is 1. The molecule has 0 saturated carbocycles. The first kappa shape index (κ1) is 16.2. The average molecular weight is 322 g/mol. The predicted octanol–water partition coefficient (Wildman–Crippen LogP) is 1.35. The quantitative estimate of drug-likeness (QED) is 0.806. The van der Waals surface area contributed by atoms with Crippen molar-refractivity contribution in [3.8, 4) is 0 Å². The standard InChI is InChI=1S/C14H18N4O3S/c1-10(15-14(20)11-4-3-9-22-11)13(19)16-12-5-6-18(17-12)7-8-21-2/h3-6,9-10H,7-8H2,1-2H3,(H,15,20)(H,16,17,19). The van der Waals surface area contributed by atoms with Crippen molar-refractivity contribution in [3.05, 3.63) is 34.7 Å². The first-order valence-corrected chi connectivity index (χ1v) is 7.65. The molecular formula is C14H18N4O3S. The van der Waals surface area contributed by atoms with Gasteiger partial charge in [-0.2, -0.15) is 5.10 Å². The molecule has 2 aromatic rings. The molecule has 2 rings (SSSR count). The Morgan fingerprint density at radius 2 is 2.27 bits per heavy atom. The molecule has 0 aromatic carbocycles. The zero-order chi connectivity index (χ0) is 15.9. The fraction of sp³-hybridized carbons (Fsp3) is 0.357. The van der Waals surface area contributed by atoms with E-state index in [-0.39, 0.29) is 11.8 Å². The number of ether oxygens (including phenoxy) is 1. The van der Waals surface area contributed by atoms with Gasteiger partial charge in [-0.1, -0.05) is 6.07 Å². The number of hydrogen-bond donors (Lipinski definition) is 2. The smallest absolute Gasteiger partial charge is 0.261 e. The molecule has 0 aliphatic carbocycles. The molecule has 0 aliphatic heterocycles. The lowest BCUT2D eigenvalue weighted by Crippen LogP contribution is -2.41. The maximum absolute atomic E-state index is 12.0. The molecule has 0 saturated heterocycles. The number of anilines is 1. The number of rotatable bonds is 7. The van der Waals surface area contributed by atoms with E-state index in [1.54, 1.807) is 43.1 Å². The minimum absolute atomic E-state index is 0.261. The number of carbonyl (C=O) groups excluding carboxylic acids is 2. The van der Waals surface area contributed by atoms with Gasteiger partial charge in [0.05, 0.1) is 18.0 Å². The molecule has 2 amide bonds. The maximum atomic E-state index is 12.0. The third-order valence-electron chi connectivity index (χ3n) is 2.90. The van der Waals surface area contributed by atoms with Crippen LogP contribution in [0.4, 0.5) is 5.82 Å². The van der Waals surface area contributed by atoms with Gasteiger partial charge in [0.2, 0.25) is 5.91 Å². The van der Waals surface area contributed by atoms with Crippen LogP contribution in [0.15, 0.2) is 29.8 Å². The average Bonchev–Trinajstić information content (AvgIpc) is 3.16. The maximum Gasteiger partial charge on any atom is 0.261 e. The molecule has 1 unspecified atom stereocenters. The van der Waals surface area contributed by atoms with E-state index >= 15 is 0 Å². The van der Waals surface area contributed by atoms with Crippen LogP contribution in [0.2, 0.25) is 0 Å². The number of amides is 2. The third kappa shape index (κ3) is 4.40. The Kier molecular flexibility index (Phi) is 5.68. The highest BCUT2D eigenvalue weighted by molar-refractivity contribution is 7.12. The Balaban J connectivity index is 1.85. The third-order valence-corrected chi connectivity index (χ3v) is 3.77. The van der Waals surface area contributed by atoms with Crippen LogP contribution in [0.25, 0.3) is 0 Å². The SMILES string of the molecule is COCCn1ccc(NC(=O)C(C)NC(=O)c2cccs2)n1. The van der Waals surface area contributed by atoms with Crippen LogP contribution in [0.1, 0.15) is 16.6 Å². The van der Waals surface area contributed by atoms with E-state index in [9.17, 15) is 9.59 Å². The van der Waals surface area contributed by atoms with Gasteiger partial charge < -0.3 is 15.4 Å². The van der Waals surface area contributed by atoms with Gasteiger partial charge in [0.25, 0.3) is 5.91 Å². The van der Waals surface area contributed by atoms with E-state index in [0.717, 1.165) is 0 Å². The summed E-state index contributed by atoms with van der Waals surface area (Å²) in [5, 5.41) is 11.3. The molecular weight excluding hydrogens is 304 g/mol. The molecule has 118 valence electrons. The Morgan fingerprint density at radius 1 is 1.45 bits per heavy atom. The predicted molar refractivity (Wildman–Crippen MR) is 84.0 cm³/mol.